The summed E-state index contributed by atoms with van der Waals surface area (Å²) in [6.45, 7) is 0.416. The second-order valence-corrected chi connectivity index (χ2v) is 5.55. The zero-order chi connectivity index (χ0) is 16.2. The van der Waals surface area contributed by atoms with Crippen LogP contribution in [0.3, 0.4) is 0 Å². The molecule has 23 heavy (non-hydrogen) atoms. The van der Waals surface area contributed by atoms with Crippen LogP contribution in [-0.4, -0.2) is 61.9 Å². The molecule has 127 valence electrons. The topological polar surface area (TPSA) is 142 Å². The minimum Gasteiger partial charge on any atom is -0.660 e. The number of carbonyl (C=O) groups is 3. The average Bonchev–Trinajstić information content (AvgIpc) is 2.80. The van der Waals surface area contributed by atoms with Gasteiger partial charge in [-0.2, -0.15) is 0 Å². The van der Waals surface area contributed by atoms with Crippen molar-refractivity contribution in [3.8, 4) is 0 Å². The third-order valence-electron chi connectivity index (χ3n) is 3.91. The van der Waals surface area contributed by atoms with Gasteiger partial charge in [-0.3, -0.25) is 19.7 Å². The van der Waals surface area contributed by atoms with Crippen LogP contribution < -0.4 is 11.1 Å². The number of hydrogen-bond donors (Lipinski definition) is 3. The maximum atomic E-state index is 11.4. The minimum atomic E-state index is -1.34. The first kappa shape index (κ1) is 20.0. The van der Waals surface area contributed by atoms with Gasteiger partial charge in [0.05, 0.1) is 18.6 Å². The van der Waals surface area contributed by atoms with E-state index in [1.807, 2.05) is 0 Å². The maximum absolute atomic E-state index is 11.4. The summed E-state index contributed by atoms with van der Waals surface area (Å²) in [5.41, 5.74) is 4.55. The number of hydrogen-bond acceptors (Lipinski definition) is 7. The van der Waals surface area contributed by atoms with E-state index in [0.717, 1.165) is 0 Å². The molecule has 2 aliphatic rings. The molecule has 0 bridgehead atoms. The molecule has 2 atom stereocenters. The van der Waals surface area contributed by atoms with Crippen molar-refractivity contribution in [2.45, 2.75) is 24.7 Å². The smallest absolute Gasteiger partial charge is 0.598 e. The van der Waals surface area contributed by atoms with Gasteiger partial charge in [0.25, 0.3) is 0 Å². The molecule has 11 heteroatoms. The molecular weight excluding hydrogens is 344 g/mol. The van der Waals surface area contributed by atoms with Crippen LogP contribution in [0.4, 0.5) is 0 Å². The fraction of sp³-hybridized carbons (Fsp3) is 0.750. The molecule has 0 aromatic carbocycles. The maximum Gasteiger partial charge on any atom is 0.598 e. The summed E-state index contributed by atoms with van der Waals surface area (Å²) in [6.07, 6.45) is 1.34. The van der Waals surface area contributed by atoms with Gasteiger partial charge in [-0.25, -0.2) is 0 Å². The summed E-state index contributed by atoms with van der Waals surface area (Å²) in [5, 5.41) is 15.9. The Labute approximate surface area is 146 Å². The Hall–Kier alpha value is -1.06. The van der Waals surface area contributed by atoms with Crippen LogP contribution in [0, 0.1) is 5.92 Å². The van der Waals surface area contributed by atoms with Crippen LogP contribution in [0.2, 0.25) is 6.32 Å². The molecule has 9 nitrogen and oxygen atoms in total. The number of aliphatic carboxylic acids is 1. The second-order valence-electron chi connectivity index (χ2n) is 5.55. The molecule has 0 spiro atoms. The van der Waals surface area contributed by atoms with Gasteiger partial charge in [0, 0.05) is 24.9 Å². The number of nitrogens with zero attached hydrogens (tertiary/aromatic N) is 1. The molecule has 2 heterocycles. The Kier molecular flexibility index (Phi) is 7.56. The predicted octanol–water partition coefficient (Wildman–Crippen LogP) is -1.27. The Bertz CT molecular complexity index is 450. The van der Waals surface area contributed by atoms with Gasteiger partial charge in [-0.1, -0.05) is 12.8 Å². The third kappa shape index (κ3) is 5.22. The first-order valence-corrected chi connectivity index (χ1v) is 7.17. The van der Waals surface area contributed by atoms with Crippen molar-refractivity contribution < 1.29 is 47.4 Å². The van der Waals surface area contributed by atoms with E-state index in [4.69, 9.17) is 15.0 Å². The summed E-state index contributed by atoms with van der Waals surface area (Å²) in [5.74, 6) is -2.32. The van der Waals surface area contributed by atoms with Crippen molar-refractivity contribution in [1.82, 2.24) is 5.32 Å². The van der Waals surface area contributed by atoms with Crippen LogP contribution in [0.15, 0.2) is 0 Å². The zero-order valence-corrected chi connectivity index (χ0v) is 14.0. The van der Waals surface area contributed by atoms with Crippen LogP contribution >= 0.6 is 0 Å². The predicted molar refractivity (Wildman–Crippen MR) is 76.0 cm³/mol. The van der Waals surface area contributed by atoms with Gasteiger partial charge in [0.2, 0.25) is 0 Å². The number of carboxylic acids is 1. The number of carboxylic acid groups (broad SMARTS) is 1. The monoisotopic (exact) mass is 363 g/mol. The summed E-state index contributed by atoms with van der Waals surface area (Å²) in [6, 6.07) is 0. The van der Waals surface area contributed by atoms with Crippen LogP contribution in [-0.2, 0) is 42.2 Å². The Balaban J connectivity index is 0.00000264. The van der Waals surface area contributed by atoms with Gasteiger partial charge in [0.15, 0.2) is 0 Å². The van der Waals surface area contributed by atoms with E-state index in [2.05, 4.69) is 10.6 Å². The number of carbonyl (C=O) groups excluding carboxylic acids is 2. The van der Waals surface area contributed by atoms with Gasteiger partial charge >= 0.3 is 25.0 Å². The van der Waals surface area contributed by atoms with Crippen molar-refractivity contribution in [3.05, 3.63) is 5.32 Å². The van der Waals surface area contributed by atoms with Gasteiger partial charge in [-0.15, -0.1) is 13.1 Å². The Morgan fingerprint density at radius 2 is 2.00 bits per heavy atom. The van der Waals surface area contributed by atoms with E-state index >= 15 is 0 Å². The van der Waals surface area contributed by atoms with Crippen molar-refractivity contribution in [2.75, 3.05) is 26.2 Å². The van der Waals surface area contributed by atoms with Gasteiger partial charge in [0.1, 0.15) is 0 Å². The van der Waals surface area contributed by atoms with E-state index in [-0.39, 0.29) is 44.1 Å². The van der Waals surface area contributed by atoms with Crippen molar-refractivity contribution in [2.24, 2.45) is 11.7 Å². The van der Waals surface area contributed by atoms with E-state index in [1.165, 1.54) is 0 Å². The van der Waals surface area contributed by atoms with Gasteiger partial charge in [-0.05, 0) is 5.92 Å². The molecule has 0 aromatic heterocycles. The average molecular weight is 363 g/mol. The van der Waals surface area contributed by atoms with E-state index in [1.54, 1.807) is 0 Å². The molecule has 2 saturated heterocycles. The second kappa shape index (κ2) is 8.70. The SMILES string of the molecule is NC1(C(=O)O)C[N-]CC1CCCB1OC(=O)CNCC(=O)O1.[V]. The fourth-order valence-corrected chi connectivity index (χ4v) is 2.60. The largest absolute Gasteiger partial charge is 0.660 e. The zero-order valence-electron chi connectivity index (χ0n) is 12.6. The van der Waals surface area contributed by atoms with E-state index in [9.17, 15) is 19.5 Å². The van der Waals surface area contributed by atoms with Crippen LogP contribution in [0.5, 0.6) is 0 Å². The molecule has 0 amide bonds. The van der Waals surface area contributed by atoms with Crippen molar-refractivity contribution in [3.63, 3.8) is 0 Å². The number of nitrogens with one attached hydrogen (secondary N) is 1. The molecule has 2 aliphatic heterocycles. The fourth-order valence-electron chi connectivity index (χ4n) is 2.60. The molecule has 0 saturated carbocycles. The third-order valence-corrected chi connectivity index (χ3v) is 3.91. The summed E-state index contributed by atoms with van der Waals surface area (Å²) in [7, 11) is -0.933. The first-order chi connectivity index (χ1) is 10.4. The minimum absolute atomic E-state index is 0. The number of rotatable bonds is 5. The van der Waals surface area contributed by atoms with Crippen LogP contribution in [0.1, 0.15) is 12.8 Å². The first-order valence-electron chi connectivity index (χ1n) is 7.17. The molecule has 2 unspecified atom stereocenters. The standard InChI is InChI=1S/C12H19BN3O6.V/c14-12(11(19)20)7-16-4-8(12)2-1-3-13-21-9(17)5-15-6-10(18)22-13;/h8,15H,1-7,14H2,(H,19,20);/q-1;. The molecule has 4 N–H and O–H groups in total. The molecule has 0 aliphatic carbocycles. The molecule has 2 rings (SSSR count). The van der Waals surface area contributed by atoms with Crippen molar-refractivity contribution in [1.29, 1.82) is 0 Å². The summed E-state index contributed by atoms with van der Waals surface area (Å²) in [4.78, 5) is 34.0. The molecular formula is C12H19BN3O6V-. The summed E-state index contributed by atoms with van der Waals surface area (Å²) >= 11 is 0. The normalized spacial score (nSPS) is 28.2. The van der Waals surface area contributed by atoms with Crippen LogP contribution in [0.25, 0.3) is 5.32 Å². The Morgan fingerprint density at radius 3 is 2.57 bits per heavy atom. The quantitative estimate of drug-likeness (QED) is 0.513. The van der Waals surface area contributed by atoms with E-state index in [0.29, 0.717) is 25.7 Å². The van der Waals surface area contributed by atoms with E-state index < -0.39 is 30.6 Å². The Morgan fingerprint density at radius 1 is 1.39 bits per heavy atom. The number of nitrogens with two attached hydrogens (primary N) is 1. The van der Waals surface area contributed by atoms with Gasteiger partial charge < -0.3 is 25.5 Å². The molecule has 2 fully saturated rings. The molecule has 0 aromatic rings. The van der Waals surface area contributed by atoms with Crippen molar-refractivity contribution >= 4 is 25.0 Å². The molecule has 1 radical (unpaired) electrons. The summed E-state index contributed by atoms with van der Waals surface area (Å²) < 4.78 is 10.0.